The largest absolute Gasteiger partial charge is 0.496 e. The quantitative estimate of drug-likeness (QED) is 0.802. The van der Waals surface area contributed by atoms with Crippen LogP contribution in [0.4, 0.5) is 0 Å². The summed E-state index contributed by atoms with van der Waals surface area (Å²) in [5, 5.41) is 27.0. The number of nitriles is 1. The first kappa shape index (κ1) is 13.0. The molecule has 1 unspecified atom stereocenters. The lowest BCUT2D eigenvalue weighted by Gasteiger charge is -2.15. The summed E-state index contributed by atoms with van der Waals surface area (Å²) in [5.41, 5.74) is 0.832. The molecule has 17 heavy (non-hydrogen) atoms. The van der Waals surface area contributed by atoms with Crippen LogP contribution in [0.2, 0.25) is 0 Å². The van der Waals surface area contributed by atoms with E-state index in [4.69, 9.17) is 15.1 Å². The van der Waals surface area contributed by atoms with Crippen LogP contribution in [0, 0.1) is 11.3 Å². The Hall–Kier alpha value is -2.06. The maximum Gasteiger partial charge on any atom is 0.337 e. The molecule has 1 aromatic carbocycles. The Morgan fingerprint density at radius 1 is 1.59 bits per heavy atom. The molecule has 2 N–H and O–H groups in total. The molecule has 0 aliphatic carbocycles. The molecule has 0 saturated heterocycles. The van der Waals surface area contributed by atoms with Gasteiger partial charge in [-0.15, -0.1) is 0 Å². The molecule has 0 aliphatic rings. The van der Waals surface area contributed by atoms with Crippen molar-refractivity contribution in [3.63, 3.8) is 0 Å². The highest BCUT2D eigenvalue weighted by Gasteiger charge is 2.23. The van der Waals surface area contributed by atoms with Gasteiger partial charge in [0.25, 0.3) is 0 Å². The van der Waals surface area contributed by atoms with Crippen molar-refractivity contribution in [2.45, 2.75) is 18.9 Å². The standard InChI is InChI=1S/C12H13NO4/c1-17-9-6-2-4-8(5-3-7-13)10(9)11(14)12(15)16/h2,4,6,11,14H,3,5H2,1H3,(H,15,16). The van der Waals surface area contributed by atoms with E-state index in [9.17, 15) is 9.90 Å². The van der Waals surface area contributed by atoms with E-state index < -0.39 is 12.1 Å². The fourth-order valence-corrected chi connectivity index (χ4v) is 1.61. The molecular weight excluding hydrogens is 222 g/mol. The number of methoxy groups -OCH3 is 1. The normalized spacial score (nSPS) is 11.6. The molecule has 1 aromatic rings. The SMILES string of the molecule is COc1cccc(CCC#N)c1C(O)C(=O)O. The maximum atomic E-state index is 10.8. The molecule has 0 radical (unpaired) electrons. The van der Waals surface area contributed by atoms with Gasteiger partial charge in [0.05, 0.1) is 13.2 Å². The van der Waals surface area contributed by atoms with Gasteiger partial charge in [0.2, 0.25) is 0 Å². The second kappa shape index (κ2) is 5.87. The molecule has 0 saturated carbocycles. The Labute approximate surface area is 98.9 Å². The average molecular weight is 235 g/mol. The molecule has 0 bridgehead atoms. The van der Waals surface area contributed by atoms with Gasteiger partial charge in [-0.3, -0.25) is 0 Å². The topological polar surface area (TPSA) is 90.5 Å². The number of aryl methyl sites for hydroxylation is 1. The first-order valence-corrected chi connectivity index (χ1v) is 5.05. The Balaban J connectivity index is 3.20. The van der Waals surface area contributed by atoms with Gasteiger partial charge in [-0.05, 0) is 18.1 Å². The summed E-state index contributed by atoms with van der Waals surface area (Å²) in [6.07, 6.45) is -1.00. The Kier molecular flexibility index (Phi) is 4.49. The predicted molar refractivity (Wildman–Crippen MR) is 59.5 cm³/mol. The molecule has 5 nitrogen and oxygen atoms in total. The van der Waals surface area contributed by atoms with Crippen LogP contribution in [0.5, 0.6) is 5.75 Å². The summed E-state index contributed by atoms with van der Waals surface area (Å²) in [6, 6.07) is 6.94. The van der Waals surface area contributed by atoms with Gasteiger partial charge in [0.15, 0.2) is 6.10 Å². The minimum Gasteiger partial charge on any atom is -0.496 e. The Bertz CT molecular complexity index is 450. The van der Waals surface area contributed by atoms with Gasteiger partial charge >= 0.3 is 5.97 Å². The third kappa shape index (κ3) is 2.95. The molecule has 0 aromatic heterocycles. The summed E-state index contributed by atoms with van der Waals surface area (Å²) >= 11 is 0. The fourth-order valence-electron chi connectivity index (χ4n) is 1.61. The van der Waals surface area contributed by atoms with Crippen molar-refractivity contribution in [1.82, 2.24) is 0 Å². The minimum atomic E-state index is -1.64. The lowest BCUT2D eigenvalue weighted by atomic mass is 9.97. The van der Waals surface area contributed by atoms with E-state index in [2.05, 4.69) is 0 Å². The van der Waals surface area contributed by atoms with Gasteiger partial charge in [0, 0.05) is 12.0 Å². The molecular formula is C12H13NO4. The van der Waals surface area contributed by atoms with E-state index in [-0.39, 0.29) is 12.0 Å². The molecule has 0 aliphatic heterocycles. The molecule has 90 valence electrons. The lowest BCUT2D eigenvalue weighted by Crippen LogP contribution is -2.14. The number of nitrogens with zero attached hydrogens (tertiary/aromatic N) is 1. The third-order valence-electron chi connectivity index (χ3n) is 2.39. The lowest BCUT2D eigenvalue weighted by molar-refractivity contribution is -0.147. The highest BCUT2D eigenvalue weighted by molar-refractivity contribution is 5.76. The maximum absolute atomic E-state index is 10.8. The second-order valence-corrected chi connectivity index (χ2v) is 3.43. The number of hydrogen-bond donors (Lipinski definition) is 2. The number of ether oxygens (including phenoxy) is 1. The number of benzene rings is 1. The van der Waals surface area contributed by atoms with Gasteiger partial charge in [0.1, 0.15) is 5.75 Å². The molecule has 5 heteroatoms. The number of carbonyl (C=O) groups is 1. The van der Waals surface area contributed by atoms with Crippen LogP contribution >= 0.6 is 0 Å². The van der Waals surface area contributed by atoms with Crippen LogP contribution in [0.15, 0.2) is 18.2 Å². The van der Waals surface area contributed by atoms with Crippen molar-refractivity contribution >= 4 is 5.97 Å². The number of rotatable bonds is 5. The summed E-state index contributed by atoms with van der Waals surface area (Å²) < 4.78 is 5.03. The molecule has 0 heterocycles. The average Bonchev–Trinajstić information content (AvgIpc) is 2.34. The van der Waals surface area contributed by atoms with E-state index in [0.717, 1.165) is 0 Å². The van der Waals surface area contributed by atoms with E-state index in [1.54, 1.807) is 18.2 Å². The summed E-state index contributed by atoms with van der Waals surface area (Å²) in [7, 11) is 1.40. The van der Waals surface area contributed by atoms with E-state index in [1.807, 2.05) is 6.07 Å². The van der Waals surface area contributed by atoms with Crippen molar-refractivity contribution in [2.75, 3.05) is 7.11 Å². The highest BCUT2D eigenvalue weighted by atomic mass is 16.5. The second-order valence-electron chi connectivity index (χ2n) is 3.43. The molecule has 0 spiro atoms. The van der Waals surface area contributed by atoms with E-state index >= 15 is 0 Å². The zero-order chi connectivity index (χ0) is 12.8. The molecule has 0 amide bonds. The van der Waals surface area contributed by atoms with E-state index in [0.29, 0.717) is 17.7 Å². The van der Waals surface area contributed by atoms with Gasteiger partial charge in [-0.2, -0.15) is 5.26 Å². The Morgan fingerprint density at radius 3 is 2.82 bits per heavy atom. The number of aliphatic hydroxyl groups excluding tert-OH is 1. The number of carboxylic acid groups (broad SMARTS) is 1. The van der Waals surface area contributed by atoms with Crippen LogP contribution in [0.1, 0.15) is 23.7 Å². The summed E-state index contributed by atoms with van der Waals surface area (Å²) in [6.45, 7) is 0. The fraction of sp³-hybridized carbons (Fsp3) is 0.333. The minimum absolute atomic E-state index is 0.220. The Morgan fingerprint density at radius 2 is 2.29 bits per heavy atom. The number of aliphatic hydroxyl groups is 1. The van der Waals surface area contributed by atoms with Crippen LogP contribution in [0.3, 0.4) is 0 Å². The molecule has 0 fully saturated rings. The van der Waals surface area contributed by atoms with Crippen molar-refractivity contribution in [3.8, 4) is 11.8 Å². The molecule has 1 rings (SSSR count). The van der Waals surface area contributed by atoms with E-state index in [1.165, 1.54) is 7.11 Å². The third-order valence-corrected chi connectivity index (χ3v) is 2.39. The van der Waals surface area contributed by atoms with Crippen molar-refractivity contribution in [1.29, 1.82) is 5.26 Å². The van der Waals surface area contributed by atoms with Crippen molar-refractivity contribution < 1.29 is 19.7 Å². The zero-order valence-electron chi connectivity index (χ0n) is 9.38. The van der Waals surface area contributed by atoms with Gasteiger partial charge in [-0.1, -0.05) is 12.1 Å². The summed E-state index contributed by atoms with van der Waals surface area (Å²) in [4.78, 5) is 10.8. The number of aliphatic carboxylic acids is 1. The monoisotopic (exact) mass is 235 g/mol. The van der Waals surface area contributed by atoms with Crippen molar-refractivity contribution in [3.05, 3.63) is 29.3 Å². The van der Waals surface area contributed by atoms with Crippen molar-refractivity contribution in [2.24, 2.45) is 0 Å². The van der Waals surface area contributed by atoms with Crippen LogP contribution in [-0.2, 0) is 11.2 Å². The van der Waals surface area contributed by atoms with Gasteiger partial charge < -0.3 is 14.9 Å². The first-order chi connectivity index (χ1) is 8.11. The molecule has 1 atom stereocenters. The predicted octanol–water partition coefficient (Wildman–Crippen LogP) is 1.27. The first-order valence-electron chi connectivity index (χ1n) is 5.05. The zero-order valence-corrected chi connectivity index (χ0v) is 9.38. The van der Waals surface area contributed by atoms with Crippen LogP contribution in [0.25, 0.3) is 0 Å². The smallest absolute Gasteiger partial charge is 0.337 e. The van der Waals surface area contributed by atoms with Crippen LogP contribution < -0.4 is 4.74 Å². The number of carboxylic acids is 1. The number of hydrogen-bond acceptors (Lipinski definition) is 4. The highest BCUT2D eigenvalue weighted by Crippen LogP contribution is 2.29. The van der Waals surface area contributed by atoms with Crippen LogP contribution in [-0.4, -0.2) is 23.3 Å². The summed E-state index contributed by atoms with van der Waals surface area (Å²) in [5.74, 6) is -1.02. The van der Waals surface area contributed by atoms with Gasteiger partial charge in [-0.25, -0.2) is 4.79 Å².